The SMILES string of the molecule is Cc1ccccc1CNC(=O)COC(=O)CCc1nc(-c2ccc(Cl)cc2)no1. The van der Waals surface area contributed by atoms with Crippen molar-refractivity contribution >= 4 is 23.5 Å². The Bertz CT molecular complexity index is 986. The zero-order valence-corrected chi connectivity index (χ0v) is 16.6. The number of aryl methyl sites for hydroxylation is 2. The van der Waals surface area contributed by atoms with Crippen molar-refractivity contribution in [2.75, 3.05) is 6.61 Å². The Hall–Kier alpha value is -3.19. The molecule has 0 aliphatic heterocycles. The topological polar surface area (TPSA) is 94.3 Å². The minimum absolute atomic E-state index is 0.0350. The monoisotopic (exact) mass is 413 g/mol. The van der Waals surface area contributed by atoms with Crippen molar-refractivity contribution in [3.63, 3.8) is 0 Å². The summed E-state index contributed by atoms with van der Waals surface area (Å²) < 4.78 is 10.1. The summed E-state index contributed by atoms with van der Waals surface area (Å²) in [5, 5.41) is 7.23. The molecule has 3 aromatic rings. The number of carbonyl (C=O) groups is 2. The molecule has 0 saturated carbocycles. The number of halogens is 1. The van der Waals surface area contributed by atoms with Gasteiger partial charge in [-0.1, -0.05) is 41.0 Å². The second kappa shape index (κ2) is 9.84. The van der Waals surface area contributed by atoms with Crippen LogP contribution < -0.4 is 5.32 Å². The van der Waals surface area contributed by atoms with Crippen LogP contribution in [0.2, 0.25) is 5.02 Å². The lowest BCUT2D eigenvalue weighted by Gasteiger charge is -2.08. The van der Waals surface area contributed by atoms with Crippen LogP contribution in [0.1, 0.15) is 23.4 Å². The quantitative estimate of drug-likeness (QED) is 0.568. The van der Waals surface area contributed by atoms with E-state index in [1.54, 1.807) is 24.3 Å². The average molecular weight is 414 g/mol. The summed E-state index contributed by atoms with van der Waals surface area (Å²) in [5.74, 6) is -0.136. The van der Waals surface area contributed by atoms with Crippen LogP contribution in [0.25, 0.3) is 11.4 Å². The molecule has 0 aliphatic carbocycles. The van der Waals surface area contributed by atoms with Crippen LogP contribution in [0.5, 0.6) is 0 Å². The summed E-state index contributed by atoms with van der Waals surface area (Å²) in [6.45, 7) is 2.03. The van der Waals surface area contributed by atoms with Crippen LogP contribution in [0.3, 0.4) is 0 Å². The number of nitrogens with zero attached hydrogens (tertiary/aromatic N) is 2. The Labute approximate surface area is 173 Å². The van der Waals surface area contributed by atoms with Crippen LogP contribution in [0.15, 0.2) is 53.1 Å². The van der Waals surface area contributed by atoms with E-state index in [2.05, 4.69) is 15.5 Å². The van der Waals surface area contributed by atoms with Gasteiger partial charge in [0.05, 0.1) is 6.42 Å². The van der Waals surface area contributed by atoms with Crippen LogP contribution >= 0.6 is 11.6 Å². The van der Waals surface area contributed by atoms with Crippen LogP contribution in [0, 0.1) is 6.92 Å². The van der Waals surface area contributed by atoms with Crippen LogP contribution in [-0.2, 0) is 27.3 Å². The Kier molecular flexibility index (Phi) is 6.97. The molecule has 0 bridgehead atoms. The third-order valence-corrected chi connectivity index (χ3v) is 4.47. The second-order valence-corrected chi connectivity index (χ2v) is 6.82. The number of rotatable bonds is 8. The highest BCUT2D eigenvalue weighted by atomic mass is 35.5. The summed E-state index contributed by atoms with van der Waals surface area (Å²) in [6.07, 6.45) is 0.261. The Morgan fingerprint density at radius 1 is 1.14 bits per heavy atom. The van der Waals surface area contributed by atoms with Gasteiger partial charge in [-0.05, 0) is 42.3 Å². The van der Waals surface area contributed by atoms with Crippen molar-refractivity contribution in [2.45, 2.75) is 26.3 Å². The molecule has 1 amide bonds. The van der Waals surface area contributed by atoms with E-state index in [9.17, 15) is 9.59 Å². The normalized spacial score (nSPS) is 10.6. The first kappa shape index (κ1) is 20.5. The average Bonchev–Trinajstić information content (AvgIpc) is 3.19. The van der Waals surface area contributed by atoms with E-state index in [1.165, 1.54) is 0 Å². The van der Waals surface area contributed by atoms with Gasteiger partial charge in [0, 0.05) is 23.6 Å². The number of aromatic nitrogens is 2. The van der Waals surface area contributed by atoms with Crippen LogP contribution in [-0.4, -0.2) is 28.6 Å². The molecule has 1 N–H and O–H groups in total. The van der Waals surface area contributed by atoms with Crippen molar-refractivity contribution in [3.05, 3.63) is 70.6 Å². The standard InChI is InChI=1S/C21H20ClN3O4/c1-14-4-2-3-5-16(14)12-23-18(26)13-28-20(27)11-10-19-24-21(25-29-19)15-6-8-17(22)9-7-15/h2-9H,10-13H2,1H3,(H,23,26). The molecule has 8 heteroatoms. The lowest BCUT2D eigenvalue weighted by atomic mass is 10.1. The predicted molar refractivity (Wildman–Crippen MR) is 107 cm³/mol. The van der Waals surface area contributed by atoms with E-state index in [-0.39, 0.29) is 25.4 Å². The first-order valence-electron chi connectivity index (χ1n) is 9.06. The summed E-state index contributed by atoms with van der Waals surface area (Å²) in [4.78, 5) is 27.9. The van der Waals surface area contributed by atoms with Gasteiger partial charge in [-0.25, -0.2) is 0 Å². The number of amides is 1. The van der Waals surface area contributed by atoms with Gasteiger partial charge in [-0.2, -0.15) is 4.98 Å². The van der Waals surface area contributed by atoms with Gasteiger partial charge in [-0.3, -0.25) is 9.59 Å². The first-order chi connectivity index (χ1) is 14.0. The zero-order chi connectivity index (χ0) is 20.6. The number of hydrogen-bond acceptors (Lipinski definition) is 6. The van der Waals surface area contributed by atoms with Gasteiger partial charge in [-0.15, -0.1) is 0 Å². The van der Waals surface area contributed by atoms with Crippen molar-refractivity contribution in [2.24, 2.45) is 0 Å². The Morgan fingerprint density at radius 2 is 1.90 bits per heavy atom. The van der Waals surface area contributed by atoms with Crippen LogP contribution in [0.4, 0.5) is 0 Å². The molecular formula is C21H20ClN3O4. The van der Waals surface area contributed by atoms with E-state index in [0.29, 0.717) is 23.3 Å². The maximum absolute atomic E-state index is 11.9. The highest BCUT2D eigenvalue weighted by Crippen LogP contribution is 2.19. The number of hydrogen-bond donors (Lipinski definition) is 1. The fourth-order valence-corrected chi connectivity index (χ4v) is 2.68. The Balaban J connectivity index is 1.39. The molecule has 0 saturated heterocycles. The van der Waals surface area contributed by atoms with E-state index < -0.39 is 5.97 Å². The van der Waals surface area contributed by atoms with Crippen molar-refractivity contribution in [1.82, 2.24) is 15.5 Å². The molecule has 0 spiro atoms. The van der Waals surface area contributed by atoms with Gasteiger partial charge in [0.1, 0.15) is 0 Å². The molecule has 150 valence electrons. The van der Waals surface area contributed by atoms with E-state index in [0.717, 1.165) is 16.7 Å². The number of ether oxygens (including phenoxy) is 1. The lowest BCUT2D eigenvalue weighted by molar-refractivity contribution is -0.148. The molecule has 1 heterocycles. The van der Waals surface area contributed by atoms with Gasteiger partial charge < -0.3 is 14.6 Å². The minimum Gasteiger partial charge on any atom is -0.456 e. The molecule has 0 radical (unpaired) electrons. The highest BCUT2D eigenvalue weighted by molar-refractivity contribution is 6.30. The smallest absolute Gasteiger partial charge is 0.306 e. The summed E-state index contributed by atoms with van der Waals surface area (Å²) in [5.41, 5.74) is 2.86. The lowest BCUT2D eigenvalue weighted by Crippen LogP contribution is -2.28. The summed E-state index contributed by atoms with van der Waals surface area (Å²) in [6, 6.07) is 14.8. The molecule has 1 aromatic heterocycles. The van der Waals surface area contributed by atoms with Crippen molar-refractivity contribution in [3.8, 4) is 11.4 Å². The fourth-order valence-electron chi connectivity index (χ4n) is 2.55. The number of benzene rings is 2. The number of esters is 1. The molecule has 7 nitrogen and oxygen atoms in total. The van der Waals surface area contributed by atoms with Crippen molar-refractivity contribution in [1.29, 1.82) is 0 Å². The van der Waals surface area contributed by atoms with Gasteiger partial charge in [0.2, 0.25) is 11.7 Å². The molecule has 29 heavy (non-hydrogen) atoms. The maximum atomic E-state index is 11.9. The molecule has 3 rings (SSSR count). The molecule has 0 fully saturated rings. The third-order valence-electron chi connectivity index (χ3n) is 4.22. The number of carbonyl (C=O) groups excluding carboxylic acids is 2. The minimum atomic E-state index is -0.512. The fraction of sp³-hybridized carbons (Fsp3) is 0.238. The highest BCUT2D eigenvalue weighted by Gasteiger charge is 2.13. The molecular weight excluding hydrogens is 394 g/mol. The Morgan fingerprint density at radius 3 is 2.66 bits per heavy atom. The van der Waals surface area contributed by atoms with Gasteiger partial charge in [0.15, 0.2) is 6.61 Å². The molecule has 2 aromatic carbocycles. The summed E-state index contributed by atoms with van der Waals surface area (Å²) in [7, 11) is 0. The largest absolute Gasteiger partial charge is 0.456 e. The third kappa shape index (κ3) is 6.15. The van der Waals surface area contributed by atoms with Crippen molar-refractivity contribution < 1.29 is 18.8 Å². The molecule has 0 unspecified atom stereocenters. The van der Waals surface area contributed by atoms with E-state index >= 15 is 0 Å². The van der Waals surface area contributed by atoms with Gasteiger partial charge in [0.25, 0.3) is 5.91 Å². The van der Waals surface area contributed by atoms with E-state index in [4.69, 9.17) is 20.9 Å². The van der Waals surface area contributed by atoms with Gasteiger partial charge >= 0.3 is 5.97 Å². The second-order valence-electron chi connectivity index (χ2n) is 6.38. The zero-order valence-electron chi connectivity index (χ0n) is 15.9. The molecule has 0 aliphatic rings. The molecule has 0 atom stereocenters. The summed E-state index contributed by atoms with van der Waals surface area (Å²) >= 11 is 5.85. The van der Waals surface area contributed by atoms with E-state index in [1.807, 2.05) is 31.2 Å². The first-order valence-corrected chi connectivity index (χ1v) is 9.44. The maximum Gasteiger partial charge on any atom is 0.306 e. The predicted octanol–water partition coefficient (Wildman–Crippen LogP) is 3.49. The number of nitrogens with one attached hydrogen (secondary N) is 1.